The monoisotopic (exact) mass is 273 g/mol. The molecule has 1 saturated carbocycles. The largest absolute Gasteiger partial charge is 0.481 e. The summed E-state index contributed by atoms with van der Waals surface area (Å²) in [5.74, 6) is 0.117. The molecule has 1 aromatic carbocycles. The van der Waals surface area contributed by atoms with Gasteiger partial charge in [-0.3, -0.25) is 9.69 Å². The van der Waals surface area contributed by atoms with Crippen LogP contribution in [0.15, 0.2) is 24.3 Å². The molecule has 1 aliphatic carbocycles. The van der Waals surface area contributed by atoms with Gasteiger partial charge in [-0.15, -0.1) is 0 Å². The molecule has 2 aliphatic rings. The molecule has 0 bridgehead atoms. The average Bonchev–Trinajstić information content (AvgIpc) is 2.73. The Hall–Kier alpha value is -1.35. The molecule has 1 unspecified atom stereocenters. The molecule has 0 aromatic heterocycles. The summed E-state index contributed by atoms with van der Waals surface area (Å²) in [6, 6.07) is 8.94. The highest BCUT2D eigenvalue weighted by Crippen LogP contribution is 2.36. The highest BCUT2D eigenvalue weighted by Gasteiger charge is 2.40. The Balaban J connectivity index is 1.60. The smallest absolute Gasteiger partial charge is 0.310 e. The molecule has 1 aromatic rings. The quantitative estimate of drug-likeness (QED) is 0.915. The van der Waals surface area contributed by atoms with Crippen LogP contribution in [-0.4, -0.2) is 29.1 Å². The van der Waals surface area contributed by atoms with E-state index in [9.17, 15) is 9.90 Å². The van der Waals surface area contributed by atoms with E-state index in [1.807, 2.05) is 6.92 Å². The summed E-state index contributed by atoms with van der Waals surface area (Å²) in [5, 5.41) is 9.26. The van der Waals surface area contributed by atoms with E-state index in [0.29, 0.717) is 6.54 Å². The summed E-state index contributed by atoms with van der Waals surface area (Å²) in [7, 11) is 0. The molecule has 108 valence electrons. The van der Waals surface area contributed by atoms with Gasteiger partial charge < -0.3 is 5.11 Å². The minimum atomic E-state index is -0.666. The van der Waals surface area contributed by atoms with Crippen molar-refractivity contribution in [3.8, 4) is 0 Å². The van der Waals surface area contributed by atoms with Crippen molar-refractivity contribution < 1.29 is 9.90 Å². The first-order valence-electron chi connectivity index (χ1n) is 7.61. The van der Waals surface area contributed by atoms with Crippen LogP contribution in [0, 0.1) is 5.41 Å². The molecule has 0 radical (unpaired) electrons. The molecule has 0 amide bonds. The summed E-state index contributed by atoms with van der Waals surface area (Å²) in [6.07, 6.45) is 4.79. The van der Waals surface area contributed by atoms with Crippen LogP contribution in [0.5, 0.6) is 0 Å². The van der Waals surface area contributed by atoms with E-state index in [0.717, 1.165) is 25.4 Å². The van der Waals surface area contributed by atoms with Crippen LogP contribution in [0.2, 0.25) is 0 Å². The first-order valence-corrected chi connectivity index (χ1v) is 7.61. The zero-order valence-corrected chi connectivity index (χ0v) is 12.1. The molecule has 1 N–H and O–H groups in total. The summed E-state index contributed by atoms with van der Waals surface area (Å²) in [4.78, 5) is 13.5. The Morgan fingerprint density at radius 3 is 2.55 bits per heavy atom. The van der Waals surface area contributed by atoms with Gasteiger partial charge in [-0.05, 0) is 49.8 Å². The van der Waals surface area contributed by atoms with Gasteiger partial charge in [0.25, 0.3) is 0 Å². The van der Waals surface area contributed by atoms with E-state index >= 15 is 0 Å². The average molecular weight is 273 g/mol. The first-order chi connectivity index (χ1) is 9.57. The van der Waals surface area contributed by atoms with Gasteiger partial charge in [-0.1, -0.05) is 30.7 Å². The van der Waals surface area contributed by atoms with E-state index < -0.39 is 11.4 Å². The Bertz CT molecular complexity index is 492. The fraction of sp³-hybridized carbons (Fsp3) is 0.588. The van der Waals surface area contributed by atoms with Gasteiger partial charge in [-0.25, -0.2) is 0 Å². The fourth-order valence-corrected chi connectivity index (χ4v) is 3.26. The fourth-order valence-electron chi connectivity index (χ4n) is 3.26. The minimum Gasteiger partial charge on any atom is -0.481 e. The highest BCUT2D eigenvalue weighted by molar-refractivity contribution is 5.74. The van der Waals surface area contributed by atoms with Gasteiger partial charge in [-0.2, -0.15) is 0 Å². The zero-order chi connectivity index (χ0) is 14.2. The number of hydrogen-bond donors (Lipinski definition) is 1. The van der Waals surface area contributed by atoms with Crippen LogP contribution in [0.3, 0.4) is 0 Å². The Kier molecular flexibility index (Phi) is 3.55. The maximum atomic E-state index is 11.3. The summed E-state index contributed by atoms with van der Waals surface area (Å²) < 4.78 is 0. The van der Waals surface area contributed by atoms with Gasteiger partial charge in [0.15, 0.2) is 0 Å². The van der Waals surface area contributed by atoms with Gasteiger partial charge in [0, 0.05) is 13.1 Å². The van der Waals surface area contributed by atoms with E-state index in [1.54, 1.807) is 0 Å². The second-order valence-electron chi connectivity index (χ2n) is 6.70. The number of carbonyl (C=O) groups is 1. The molecular formula is C17H23NO2. The van der Waals surface area contributed by atoms with E-state index in [-0.39, 0.29) is 0 Å². The lowest BCUT2D eigenvalue weighted by Gasteiger charge is -2.26. The van der Waals surface area contributed by atoms with Crippen LogP contribution >= 0.6 is 0 Å². The van der Waals surface area contributed by atoms with Gasteiger partial charge in [0.1, 0.15) is 0 Å². The Morgan fingerprint density at radius 2 is 2.05 bits per heavy atom. The topological polar surface area (TPSA) is 40.5 Å². The van der Waals surface area contributed by atoms with E-state index in [2.05, 4.69) is 29.2 Å². The molecule has 2 fully saturated rings. The number of carboxylic acid groups (broad SMARTS) is 1. The van der Waals surface area contributed by atoms with E-state index in [4.69, 9.17) is 0 Å². The number of hydrogen-bond acceptors (Lipinski definition) is 2. The standard InChI is InChI=1S/C17H23NO2/c1-17(16(19)20)9-10-18(12-17)11-13-5-7-15(8-6-13)14-3-2-4-14/h5-8,14H,2-4,9-12H2,1H3,(H,19,20). The lowest BCUT2D eigenvalue weighted by Crippen LogP contribution is -2.31. The maximum Gasteiger partial charge on any atom is 0.310 e. The molecule has 3 nitrogen and oxygen atoms in total. The molecule has 1 saturated heterocycles. The molecule has 1 atom stereocenters. The maximum absolute atomic E-state index is 11.3. The van der Waals surface area contributed by atoms with Crippen molar-refractivity contribution in [3.05, 3.63) is 35.4 Å². The second-order valence-corrected chi connectivity index (χ2v) is 6.70. The molecule has 1 heterocycles. The predicted molar refractivity (Wildman–Crippen MR) is 78.7 cm³/mol. The molecule has 3 heteroatoms. The molecule has 20 heavy (non-hydrogen) atoms. The lowest BCUT2D eigenvalue weighted by molar-refractivity contribution is -0.147. The number of likely N-dealkylation sites (tertiary alicyclic amines) is 1. The summed E-state index contributed by atoms with van der Waals surface area (Å²) in [6.45, 7) is 4.27. The number of aliphatic carboxylic acids is 1. The van der Waals surface area contributed by atoms with Crippen molar-refractivity contribution in [3.63, 3.8) is 0 Å². The summed E-state index contributed by atoms with van der Waals surface area (Å²) in [5.41, 5.74) is 2.20. The van der Waals surface area contributed by atoms with Gasteiger partial charge >= 0.3 is 5.97 Å². The minimum absolute atomic E-state index is 0.564. The van der Waals surface area contributed by atoms with Crippen molar-refractivity contribution in [2.75, 3.05) is 13.1 Å². The van der Waals surface area contributed by atoms with Crippen LogP contribution in [0.4, 0.5) is 0 Å². The number of benzene rings is 1. The molecular weight excluding hydrogens is 250 g/mol. The van der Waals surface area contributed by atoms with Crippen molar-refractivity contribution in [2.45, 2.75) is 45.1 Å². The van der Waals surface area contributed by atoms with Crippen LogP contribution in [0.25, 0.3) is 0 Å². The third-order valence-electron chi connectivity index (χ3n) is 5.03. The second kappa shape index (κ2) is 5.21. The molecule has 0 spiro atoms. The van der Waals surface area contributed by atoms with Crippen molar-refractivity contribution in [2.24, 2.45) is 5.41 Å². The van der Waals surface area contributed by atoms with Crippen LogP contribution in [0.1, 0.15) is 49.7 Å². The van der Waals surface area contributed by atoms with Gasteiger partial charge in [0.05, 0.1) is 5.41 Å². The third kappa shape index (κ3) is 2.59. The number of rotatable bonds is 4. The SMILES string of the molecule is CC1(C(=O)O)CCN(Cc2ccc(C3CCC3)cc2)C1. The predicted octanol–water partition coefficient (Wildman–Crippen LogP) is 3.25. The van der Waals surface area contributed by atoms with Crippen molar-refractivity contribution in [1.29, 1.82) is 0 Å². The molecule has 1 aliphatic heterocycles. The number of carboxylic acids is 1. The Morgan fingerprint density at radius 1 is 1.35 bits per heavy atom. The highest BCUT2D eigenvalue weighted by atomic mass is 16.4. The van der Waals surface area contributed by atoms with Gasteiger partial charge in [0.2, 0.25) is 0 Å². The summed E-state index contributed by atoms with van der Waals surface area (Å²) >= 11 is 0. The third-order valence-corrected chi connectivity index (χ3v) is 5.03. The molecule has 3 rings (SSSR count). The first kappa shape index (κ1) is 13.6. The number of nitrogens with zero attached hydrogens (tertiary/aromatic N) is 1. The Labute approximate surface area is 120 Å². The van der Waals surface area contributed by atoms with Crippen molar-refractivity contribution >= 4 is 5.97 Å². The zero-order valence-electron chi connectivity index (χ0n) is 12.1. The van der Waals surface area contributed by atoms with E-state index in [1.165, 1.54) is 30.4 Å². The van der Waals surface area contributed by atoms with Crippen LogP contribution in [-0.2, 0) is 11.3 Å². The lowest BCUT2D eigenvalue weighted by atomic mass is 9.80. The normalized spacial score (nSPS) is 27.4. The van der Waals surface area contributed by atoms with Crippen LogP contribution < -0.4 is 0 Å². The van der Waals surface area contributed by atoms with Crippen molar-refractivity contribution in [1.82, 2.24) is 4.90 Å².